The third-order valence-electron chi connectivity index (χ3n) is 2.23. The van der Waals surface area contributed by atoms with E-state index in [1.807, 2.05) is 0 Å². The summed E-state index contributed by atoms with van der Waals surface area (Å²) in [6.07, 6.45) is 4.41. The normalized spacial score (nSPS) is 10.0. The second-order valence-electron chi connectivity index (χ2n) is 3.25. The summed E-state index contributed by atoms with van der Waals surface area (Å²) in [4.78, 5) is 19.1. The largest absolute Gasteiger partial charge is 0.465 e. The van der Waals surface area contributed by atoms with Gasteiger partial charge in [0, 0.05) is 24.2 Å². The number of carbonyl (C=O) groups is 1. The molecule has 0 aromatic carbocycles. The lowest BCUT2D eigenvalue weighted by molar-refractivity contribution is 0.0595. The first-order valence-electron chi connectivity index (χ1n) is 4.87. The first-order chi connectivity index (χ1) is 8.24. The number of esters is 1. The predicted octanol–water partition coefficient (Wildman–Crippen LogP) is 2.07. The van der Waals surface area contributed by atoms with E-state index in [9.17, 15) is 9.18 Å². The lowest BCUT2D eigenvalue weighted by atomic mass is 10.1. The van der Waals surface area contributed by atoms with Crippen LogP contribution in [-0.2, 0) is 4.74 Å². The molecule has 86 valence electrons. The molecule has 0 saturated heterocycles. The molecule has 0 amide bonds. The number of rotatable bonds is 2. The van der Waals surface area contributed by atoms with Gasteiger partial charge in [0.2, 0.25) is 0 Å². The van der Waals surface area contributed by atoms with Crippen LogP contribution in [0.2, 0.25) is 0 Å². The van der Waals surface area contributed by atoms with E-state index in [1.54, 1.807) is 18.3 Å². The molecule has 0 spiro atoms. The van der Waals surface area contributed by atoms with Crippen LogP contribution < -0.4 is 0 Å². The van der Waals surface area contributed by atoms with Gasteiger partial charge >= 0.3 is 5.97 Å². The van der Waals surface area contributed by atoms with Gasteiger partial charge in [0.1, 0.15) is 5.69 Å². The molecule has 0 aliphatic rings. The minimum absolute atomic E-state index is 0.0843. The number of nitrogens with zero attached hydrogens (tertiary/aromatic N) is 2. The predicted molar refractivity (Wildman–Crippen MR) is 58.8 cm³/mol. The van der Waals surface area contributed by atoms with E-state index in [0.29, 0.717) is 5.56 Å². The third kappa shape index (κ3) is 2.13. The number of ether oxygens (including phenoxy) is 1. The highest BCUT2D eigenvalue weighted by Gasteiger charge is 2.17. The van der Waals surface area contributed by atoms with Crippen molar-refractivity contribution < 1.29 is 13.9 Å². The highest BCUT2D eigenvalue weighted by molar-refractivity contribution is 5.90. The van der Waals surface area contributed by atoms with Crippen LogP contribution in [0, 0.1) is 5.82 Å². The Morgan fingerprint density at radius 2 is 2.18 bits per heavy atom. The van der Waals surface area contributed by atoms with Crippen molar-refractivity contribution in [3.63, 3.8) is 0 Å². The molecule has 0 bridgehead atoms. The maximum Gasteiger partial charge on any atom is 0.340 e. The third-order valence-corrected chi connectivity index (χ3v) is 2.23. The van der Waals surface area contributed by atoms with Crippen molar-refractivity contribution in [2.24, 2.45) is 0 Å². The van der Waals surface area contributed by atoms with Crippen LogP contribution in [0.15, 0.2) is 36.8 Å². The van der Waals surface area contributed by atoms with Crippen molar-refractivity contribution in [3.05, 3.63) is 48.2 Å². The average molecular weight is 232 g/mol. The molecule has 5 heteroatoms. The average Bonchev–Trinajstić information content (AvgIpc) is 2.39. The molecular formula is C12H9FN2O2. The summed E-state index contributed by atoms with van der Waals surface area (Å²) < 4.78 is 18.5. The molecule has 2 heterocycles. The Labute approximate surface area is 97.1 Å². The van der Waals surface area contributed by atoms with E-state index in [1.165, 1.54) is 25.6 Å². The standard InChI is InChI=1S/C12H9FN2O2/c1-17-12(16)9-4-6-15-11(10(9)13)8-3-2-5-14-7-8/h2-7H,1H3. The maximum absolute atomic E-state index is 14.0. The summed E-state index contributed by atoms with van der Waals surface area (Å²) in [5.74, 6) is -1.43. The molecule has 4 nitrogen and oxygen atoms in total. The second-order valence-corrected chi connectivity index (χ2v) is 3.25. The number of aromatic nitrogens is 2. The van der Waals surface area contributed by atoms with Crippen LogP contribution in [0.25, 0.3) is 11.3 Å². The van der Waals surface area contributed by atoms with Gasteiger partial charge < -0.3 is 4.74 Å². The molecule has 2 aromatic rings. The Bertz CT molecular complexity index is 543. The van der Waals surface area contributed by atoms with Crippen molar-refractivity contribution in [3.8, 4) is 11.3 Å². The van der Waals surface area contributed by atoms with E-state index in [-0.39, 0.29) is 11.3 Å². The van der Waals surface area contributed by atoms with Gasteiger partial charge in [0.25, 0.3) is 0 Å². The van der Waals surface area contributed by atoms with E-state index in [4.69, 9.17) is 0 Å². The quantitative estimate of drug-likeness (QED) is 0.744. The SMILES string of the molecule is COC(=O)c1ccnc(-c2cccnc2)c1F. The topological polar surface area (TPSA) is 52.1 Å². The van der Waals surface area contributed by atoms with Crippen molar-refractivity contribution in [1.29, 1.82) is 0 Å². The molecular weight excluding hydrogens is 223 g/mol. The summed E-state index contributed by atoms with van der Waals surface area (Å²) in [5.41, 5.74) is 0.457. The van der Waals surface area contributed by atoms with Gasteiger partial charge in [-0.3, -0.25) is 9.97 Å². The molecule has 0 unspecified atom stereocenters. The highest BCUT2D eigenvalue weighted by Crippen LogP contribution is 2.21. The molecule has 2 aromatic heterocycles. The minimum atomic E-state index is -0.727. The molecule has 0 atom stereocenters. The van der Waals surface area contributed by atoms with Crippen LogP contribution in [-0.4, -0.2) is 23.0 Å². The number of hydrogen-bond acceptors (Lipinski definition) is 4. The molecule has 17 heavy (non-hydrogen) atoms. The Hall–Kier alpha value is -2.30. The van der Waals surface area contributed by atoms with Crippen LogP contribution >= 0.6 is 0 Å². The lowest BCUT2D eigenvalue weighted by Gasteiger charge is -2.05. The summed E-state index contributed by atoms with van der Waals surface area (Å²) in [6, 6.07) is 4.61. The van der Waals surface area contributed by atoms with Gasteiger partial charge in [-0.25, -0.2) is 9.18 Å². The fourth-order valence-corrected chi connectivity index (χ4v) is 1.42. The second kappa shape index (κ2) is 4.69. The Morgan fingerprint density at radius 1 is 1.35 bits per heavy atom. The Kier molecular flexibility index (Phi) is 3.09. The number of pyridine rings is 2. The molecule has 2 rings (SSSR count). The molecule has 0 N–H and O–H groups in total. The first-order valence-corrected chi connectivity index (χ1v) is 4.87. The van der Waals surface area contributed by atoms with Gasteiger partial charge in [-0.2, -0.15) is 0 Å². The zero-order valence-electron chi connectivity index (χ0n) is 9.05. The van der Waals surface area contributed by atoms with Crippen molar-refractivity contribution in [2.45, 2.75) is 0 Å². The van der Waals surface area contributed by atoms with E-state index < -0.39 is 11.8 Å². The van der Waals surface area contributed by atoms with E-state index in [0.717, 1.165) is 0 Å². The van der Waals surface area contributed by atoms with Gasteiger partial charge in [-0.1, -0.05) is 0 Å². The number of carbonyl (C=O) groups excluding carboxylic acids is 1. The first kappa shape index (κ1) is 11.2. The van der Waals surface area contributed by atoms with E-state index in [2.05, 4.69) is 14.7 Å². The maximum atomic E-state index is 14.0. The van der Waals surface area contributed by atoms with Crippen molar-refractivity contribution in [2.75, 3.05) is 7.11 Å². The van der Waals surface area contributed by atoms with Crippen LogP contribution in [0.3, 0.4) is 0 Å². The summed E-state index contributed by atoms with van der Waals surface area (Å²) in [5, 5.41) is 0. The smallest absolute Gasteiger partial charge is 0.340 e. The van der Waals surface area contributed by atoms with Crippen molar-refractivity contribution >= 4 is 5.97 Å². The summed E-state index contributed by atoms with van der Waals surface area (Å²) >= 11 is 0. The molecule has 0 saturated carbocycles. The lowest BCUT2D eigenvalue weighted by Crippen LogP contribution is -2.06. The number of halogens is 1. The van der Waals surface area contributed by atoms with Gasteiger partial charge in [-0.05, 0) is 18.2 Å². The van der Waals surface area contributed by atoms with Gasteiger partial charge in [-0.15, -0.1) is 0 Å². The van der Waals surface area contributed by atoms with Crippen LogP contribution in [0.1, 0.15) is 10.4 Å². The summed E-state index contributed by atoms with van der Waals surface area (Å²) in [7, 11) is 1.20. The number of methoxy groups -OCH3 is 1. The zero-order valence-corrected chi connectivity index (χ0v) is 9.05. The molecule has 0 fully saturated rings. The fourth-order valence-electron chi connectivity index (χ4n) is 1.42. The molecule has 0 aliphatic carbocycles. The molecule has 0 aliphatic heterocycles. The molecule has 0 radical (unpaired) electrons. The van der Waals surface area contributed by atoms with Crippen LogP contribution in [0.4, 0.5) is 4.39 Å². The van der Waals surface area contributed by atoms with Crippen molar-refractivity contribution in [1.82, 2.24) is 9.97 Å². The van der Waals surface area contributed by atoms with Crippen LogP contribution in [0.5, 0.6) is 0 Å². The van der Waals surface area contributed by atoms with E-state index >= 15 is 0 Å². The Morgan fingerprint density at radius 3 is 2.82 bits per heavy atom. The van der Waals surface area contributed by atoms with Gasteiger partial charge in [0.15, 0.2) is 5.82 Å². The van der Waals surface area contributed by atoms with Gasteiger partial charge in [0.05, 0.1) is 12.7 Å². The minimum Gasteiger partial charge on any atom is -0.465 e. The monoisotopic (exact) mass is 232 g/mol. The Balaban J connectivity index is 2.54. The highest BCUT2D eigenvalue weighted by atomic mass is 19.1. The number of hydrogen-bond donors (Lipinski definition) is 0. The zero-order chi connectivity index (χ0) is 12.3. The summed E-state index contributed by atoms with van der Waals surface area (Å²) in [6.45, 7) is 0. The fraction of sp³-hybridized carbons (Fsp3) is 0.0833.